The number of ether oxygens (including phenoxy) is 1. The van der Waals surface area contributed by atoms with Crippen LogP contribution in [0.15, 0.2) is 72.8 Å². The van der Waals surface area contributed by atoms with Gasteiger partial charge in [-0.15, -0.1) is 0 Å². The number of nitrogens with zero attached hydrogens (tertiary/aromatic N) is 2. The van der Waals surface area contributed by atoms with Crippen molar-refractivity contribution in [2.45, 2.75) is 13.5 Å². The quantitative estimate of drug-likeness (QED) is 0.261. The number of rotatable bonds is 9. The van der Waals surface area contributed by atoms with Gasteiger partial charge < -0.3 is 15.0 Å². The summed E-state index contributed by atoms with van der Waals surface area (Å²) in [4.78, 5) is 49.8. The summed E-state index contributed by atoms with van der Waals surface area (Å²) in [5.74, 6) is -1.81. The molecule has 9 nitrogen and oxygen atoms in total. The Morgan fingerprint density at radius 3 is 2.34 bits per heavy atom. The van der Waals surface area contributed by atoms with Crippen molar-refractivity contribution < 1.29 is 24.0 Å². The lowest BCUT2D eigenvalue weighted by atomic mass is 10.1. The minimum atomic E-state index is -0.792. The Kier molecular flexibility index (Phi) is 8.53. The van der Waals surface area contributed by atoms with Crippen molar-refractivity contribution in [2.24, 2.45) is 0 Å². The summed E-state index contributed by atoms with van der Waals surface area (Å²) < 4.78 is 5.22. The Labute approximate surface area is 206 Å². The number of nitro groups is 1. The number of esters is 1. The Balaban J connectivity index is 1.67. The molecule has 0 aliphatic carbocycles. The van der Waals surface area contributed by atoms with Crippen LogP contribution in [-0.2, 0) is 16.1 Å². The minimum Gasteiger partial charge on any atom is -0.452 e. The summed E-state index contributed by atoms with van der Waals surface area (Å²) in [5, 5.41) is 13.3. The summed E-state index contributed by atoms with van der Waals surface area (Å²) in [7, 11) is 0. The third kappa shape index (κ3) is 6.64. The lowest BCUT2D eigenvalue weighted by Gasteiger charge is -2.21. The lowest BCUT2D eigenvalue weighted by Crippen LogP contribution is -2.34. The van der Waals surface area contributed by atoms with Gasteiger partial charge in [0.25, 0.3) is 17.5 Å². The summed E-state index contributed by atoms with van der Waals surface area (Å²) in [6.07, 6.45) is 0. The molecular formula is C25H22ClN3O6. The van der Waals surface area contributed by atoms with Gasteiger partial charge in [0, 0.05) is 25.2 Å². The number of non-ortho nitro benzene ring substituents is 1. The van der Waals surface area contributed by atoms with Gasteiger partial charge in [-0.1, -0.05) is 54.1 Å². The average Bonchev–Trinajstić information content (AvgIpc) is 2.86. The zero-order valence-corrected chi connectivity index (χ0v) is 19.5. The van der Waals surface area contributed by atoms with Gasteiger partial charge in [0.2, 0.25) is 0 Å². The Morgan fingerprint density at radius 1 is 1.00 bits per heavy atom. The molecule has 0 unspecified atom stereocenters. The van der Waals surface area contributed by atoms with Crippen molar-refractivity contribution >= 4 is 40.8 Å². The highest BCUT2D eigenvalue weighted by atomic mass is 35.5. The van der Waals surface area contributed by atoms with Crippen molar-refractivity contribution in [1.29, 1.82) is 0 Å². The van der Waals surface area contributed by atoms with Crippen LogP contribution in [0.25, 0.3) is 0 Å². The number of carbonyl (C=O) groups excluding carboxylic acids is 3. The molecule has 0 heterocycles. The smallest absolute Gasteiger partial charge is 0.340 e. The molecule has 0 aliphatic rings. The van der Waals surface area contributed by atoms with Gasteiger partial charge in [0.1, 0.15) is 0 Å². The molecule has 2 amide bonds. The highest BCUT2D eigenvalue weighted by Crippen LogP contribution is 2.24. The van der Waals surface area contributed by atoms with E-state index in [1.165, 1.54) is 18.2 Å². The predicted molar refractivity (Wildman–Crippen MR) is 130 cm³/mol. The number of para-hydroxylation sites is 1. The highest BCUT2D eigenvalue weighted by molar-refractivity contribution is 6.34. The molecule has 0 saturated carbocycles. The van der Waals surface area contributed by atoms with E-state index < -0.39 is 23.4 Å². The van der Waals surface area contributed by atoms with Crippen molar-refractivity contribution in [1.82, 2.24) is 4.90 Å². The van der Waals surface area contributed by atoms with E-state index in [2.05, 4.69) is 5.32 Å². The Bertz CT molecular complexity index is 1250. The third-order valence-electron chi connectivity index (χ3n) is 5.08. The number of halogens is 1. The first-order chi connectivity index (χ1) is 16.8. The van der Waals surface area contributed by atoms with E-state index in [9.17, 15) is 24.5 Å². The zero-order valence-electron chi connectivity index (χ0n) is 18.8. The fourth-order valence-corrected chi connectivity index (χ4v) is 3.50. The summed E-state index contributed by atoms with van der Waals surface area (Å²) in [5.41, 5.74) is 0.870. The number of nitrogens with one attached hydrogen (secondary N) is 1. The van der Waals surface area contributed by atoms with Crippen molar-refractivity contribution in [3.05, 3.63) is 105 Å². The van der Waals surface area contributed by atoms with Crippen LogP contribution in [-0.4, -0.2) is 40.8 Å². The van der Waals surface area contributed by atoms with Gasteiger partial charge in [0.15, 0.2) is 6.61 Å². The van der Waals surface area contributed by atoms with Crippen LogP contribution in [0.1, 0.15) is 33.2 Å². The van der Waals surface area contributed by atoms with Gasteiger partial charge in [-0.3, -0.25) is 19.7 Å². The Morgan fingerprint density at radius 2 is 1.69 bits per heavy atom. The fourth-order valence-electron chi connectivity index (χ4n) is 3.24. The number of benzene rings is 3. The van der Waals surface area contributed by atoms with Gasteiger partial charge in [-0.25, -0.2) is 4.79 Å². The standard InChI is InChI=1S/C25H22ClN3O6/c1-2-28(15-17-8-4-3-5-9-17)23(30)16-35-25(32)20-10-6-7-11-22(20)27-24(31)19-13-12-18(29(33)34)14-21(19)26/h3-14H,2,15-16H2,1H3,(H,27,31). The van der Waals surface area contributed by atoms with Crippen LogP contribution in [0, 0.1) is 10.1 Å². The molecule has 3 aromatic carbocycles. The lowest BCUT2D eigenvalue weighted by molar-refractivity contribution is -0.384. The van der Waals surface area contributed by atoms with E-state index in [0.29, 0.717) is 13.1 Å². The molecule has 0 aromatic heterocycles. The number of anilines is 1. The predicted octanol–water partition coefficient (Wildman–Crippen LogP) is 4.71. The average molecular weight is 496 g/mol. The monoisotopic (exact) mass is 495 g/mol. The summed E-state index contributed by atoms with van der Waals surface area (Å²) in [6.45, 7) is 2.19. The van der Waals surface area contributed by atoms with Gasteiger partial charge in [-0.05, 0) is 30.7 Å². The second kappa shape index (κ2) is 11.8. The fraction of sp³-hybridized carbons (Fsp3) is 0.160. The normalized spacial score (nSPS) is 10.3. The maximum atomic E-state index is 12.7. The first kappa shape index (κ1) is 25.4. The van der Waals surface area contributed by atoms with E-state index in [0.717, 1.165) is 17.7 Å². The van der Waals surface area contributed by atoms with Crippen LogP contribution in [0.4, 0.5) is 11.4 Å². The molecule has 0 bridgehead atoms. The molecular weight excluding hydrogens is 474 g/mol. The maximum absolute atomic E-state index is 12.7. The molecule has 0 spiro atoms. The van der Waals surface area contributed by atoms with Gasteiger partial charge >= 0.3 is 5.97 Å². The van der Waals surface area contributed by atoms with Crippen molar-refractivity contribution in [2.75, 3.05) is 18.5 Å². The van der Waals surface area contributed by atoms with Gasteiger partial charge in [0.05, 0.1) is 26.8 Å². The zero-order chi connectivity index (χ0) is 25.4. The van der Waals surface area contributed by atoms with Crippen LogP contribution in [0.2, 0.25) is 5.02 Å². The topological polar surface area (TPSA) is 119 Å². The van der Waals surface area contributed by atoms with Crippen molar-refractivity contribution in [3.8, 4) is 0 Å². The number of hydrogen-bond acceptors (Lipinski definition) is 6. The van der Waals surface area contributed by atoms with E-state index in [1.54, 1.807) is 17.0 Å². The SMILES string of the molecule is CCN(Cc1ccccc1)C(=O)COC(=O)c1ccccc1NC(=O)c1ccc([N+](=O)[O-])cc1Cl. The summed E-state index contributed by atoms with van der Waals surface area (Å²) in [6, 6.07) is 19.0. The molecule has 0 radical (unpaired) electrons. The number of carbonyl (C=O) groups is 3. The third-order valence-corrected chi connectivity index (χ3v) is 5.39. The maximum Gasteiger partial charge on any atom is 0.340 e. The number of hydrogen-bond donors (Lipinski definition) is 1. The first-order valence-electron chi connectivity index (χ1n) is 10.6. The molecule has 3 aromatic rings. The molecule has 0 fully saturated rings. The molecule has 1 N–H and O–H groups in total. The number of likely N-dealkylation sites (N-methyl/N-ethyl adjacent to an activating group) is 1. The Hall–Kier alpha value is -4.24. The van der Waals surface area contributed by atoms with Crippen LogP contribution in [0.5, 0.6) is 0 Å². The molecule has 10 heteroatoms. The molecule has 3 rings (SSSR count). The van der Waals surface area contributed by atoms with Gasteiger partial charge in [-0.2, -0.15) is 0 Å². The van der Waals surface area contributed by atoms with E-state index >= 15 is 0 Å². The van der Waals surface area contributed by atoms with Crippen LogP contribution in [0.3, 0.4) is 0 Å². The van der Waals surface area contributed by atoms with Crippen LogP contribution < -0.4 is 5.32 Å². The number of nitro benzene ring substituents is 1. The molecule has 0 aliphatic heterocycles. The second-order valence-corrected chi connectivity index (χ2v) is 7.80. The highest BCUT2D eigenvalue weighted by Gasteiger charge is 2.20. The molecule has 0 atom stereocenters. The van der Waals surface area contributed by atoms with Crippen LogP contribution >= 0.6 is 11.6 Å². The molecule has 0 saturated heterocycles. The molecule has 35 heavy (non-hydrogen) atoms. The van der Waals surface area contributed by atoms with Crippen molar-refractivity contribution in [3.63, 3.8) is 0 Å². The minimum absolute atomic E-state index is 0.00452. The van der Waals surface area contributed by atoms with E-state index in [4.69, 9.17) is 16.3 Å². The second-order valence-electron chi connectivity index (χ2n) is 7.39. The van der Waals surface area contributed by atoms with E-state index in [-0.39, 0.29) is 33.4 Å². The van der Waals surface area contributed by atoms with E-state index in [1.807, 2.05) is 37.3 Å². The number of amides is 2. The summed E-state index contributed by atoms with van der Waals surface area (Å²) >= 11 is 6.02. The first-order valence-corrected chi connectivity index (χ1v) is 11.0. The molecule has 180 valence electrons. The largest absolute Gasteiger partial charge is 0.452 e.